The molecule has 1 aromatic heterocycles. The van der Waals surface area contributed by atoms with Gasteiger partial charge in [0.1, 0.15) is 17.8 Å². The lowest BCUT2D eigenvalue weighted by Crippen LogP contribution is -2.38. The first-order valence-electron chi connectivity index (χ1n) is 8.59. The third-order valence-electron chi connectivity index (χ3n) is 4.62. The highest BCUT2D eigenvalue weighted by Gasteiger charge is 2.33. The minimum atomic E-state index is -3.06. The molecule has 1 amide bonds. The Hall–Kier alpha value is -2.68. The highest BCUT2D eigenvalue weighted by Crippen LogP contribution is 2.21. The summed E-state index contributed by atoms with van der Waals surface area (Å²) in [5.74, 6) is 0.308. The van der Waals surface area contributed by atoms with Crippen LogP contribution in [0.1, 0.15) is 16.9 Å². The van der Waals surface area contributed by atoms with Crippen LogP contribution in [0.15, 0.2) is 36.7 Å². The van der Waals surface area contributed by atoms with Crippen molar-refractivity contribution in [1.29, 1.82) is 0 Å². The van der Waals surface area contributed by atoms with Crippen molar-refractivity contribution in [2.45, 2.75) is 12.5 Å². The standard InChI is InChI=1S/C18H23N5O3S/c1-22(2)14-6-4-13(5-7-14)21-17-10-16(19-12-20-17)18(24)23(3)15-8-9-27(25,26)11-15/h4-7,10,12,15H,8-9,11H2,1-3H3,(H,19,20,21). The lowest BCUT2D eigenvalue weighted by molar-refractivity contribution is 0.0741. The average Bonchev–Trinajstić information content (AvgIpc) is 3.01. The van der Waals surface area contributed by atoms with E-state index in [9.17, 15) is 13.2 Å². The minimum Gasteiger partial charge on any atom is -0.378 e. The maximum absolute atomic E-state index is 12.7. The molecule has 2 heterocycles. The molecule has 0 radical (unpaired) electrons. The Kier molecular flexibility index (Phi) is 5.31. The van der Waals surface area contributed by atoms with Crippen molar-refractivity contribution < 1.29 is 13.2 Å². The second-order valence-electron chi connectivity index (χ2n) is 6.83. The number of aromatic nitrogens is 2. The smallest absolute Gasteiger partial charge is 0.272 e. The van der Waals surface area contributed by atoms with Crippen LogP contribution in [0, 0.1) is 0 Å². The summed E-state index contributed by atoms with van der Waals surface area (Å²) in [6.45, 7) is 0. The largest absolute Gasteiger partial charge is 0.378 e. The zero-order valence-electron chi connectivity index (χ0n) is 15.6. The summed E-state index contributed by atoms with van der Waals surface area (Å²) in [7, 11) is 2.50. The van der Waals surface area contributed by atoms with Gasteiger partial charge in [-0.2, -0.15) is 0 Å². The van der Waals surface area contributed by atoms with Crippen LogP contribution in [0.25, 0.3) is 0 Å². The van der Waals surface area contributed by atoms with E-state index in [4.69, 9.17) is 0 Å². The summed E-state index contributed by atoms with van der Waals surface area (Å²) in [5, 5.41) is 3.15. The van der Waals surface area contributed by atoms with Crippen LogP contribution in [0.4, 0.5) is 17.2 Å². The van der Waals surface area contributed by atoms with Gasteiger partial charge in [-0.15, -0.1) is 0 Å². The molecule has 27 heavy (non-hydrogen) atoms. The lowest BCUT2D eigenvalue weighted by Gasteiger charge is -2.23. The number of anilines is 3. The van der Waals surface area contributed by atoms with Crippen molar-refractivity contribution in [2.24, 2.45) is 0 Å². The van der Waals surface area contributed by atoms with Gasteiger partial charge in [-0.1, -0.05) is 0 Å². The second kappa shape index (κ2) is 7.51. The SMILES string of the molecule is CN(C)c1ccc(Nc2cc(C(=O)N(C)C3CCS(=O)(=O)C3)ncn2)cc1. The highest BCUT2D eigenvalue weighted by atomic mass is 32.2. The molecule has 0 bridgehead atoms. The van der Waals surface area contributed by atoms with E-state index in [1.54, 1.807) is 13.1 Å². The van der Waals surface area contributed by atoms with Crippen LogP contribution in [0.5, 0.6) is 0 Å². The van der Waals surface area contributed by atoms with Gasteiger partial charge in [0.2, 0.25) is 0 Å². The summed E-state index contributed by atoms with van der Waals surface area (Å²) in [4.78, 5) is 24.3. The summed E-state index contributed by atoms with van der Waals surface area (Å²) in [5.41, 5.74) is 2.14. The molecule has 1 unspecified atom stereocenters. The van der Waals surface area contributed by atoms with Crippen LogP contribution >= 0.6 is 0 Å². The molecule has 0 saturated carbocycles. The molecule has 2 aromatic rings. The van der Waals surface area contributed by atoms with Gasteiger partial charge in [0.25, 0.3) is 5.91 Å². The maximum Gasteiger partial charge on any atom is 0.272 e. The molecule has 144 valence electrons. The van der Waals surface area contributed by atoms with E-state index in [1.807, 2.05) is 43.3 Å². The van der Waals surface area contributed by atoms with E-state index in [0.29, 0.717) is 12.2 Å². The van der Waals surface area contributed by atoms with Crippen molar-refractivity contribution in [3.8, 4) is 0 Å². The molecule has 1 N–H and O–H groups in total. The van der Waals surface area contributed by atoms with E-state index in [0.717, 1.165) is 11.4 Å². The first kappa shape index (κ1) is 19.1. The van der Waals surface area contributed by atoms with E-state index < -0.39 is 9.84 Å². The topological polar surface area (TPSA) is 95.5 Å². The molecular weight excluding hydrogens is 366 g/mol. The zero-order valence-corrected chi connectivity index (χ0v) is 16.4. The lowest BCUT2D eigenvalue weighted by atomic mass is 10.2. The van der Waals surface area contributed by atoms with Gasteiger partial charge in [-0.25, -0.2) is 18.4 Å². The monoisotopic (exact) mass is 389 g/mol. The number of amides is 1. The molecule has 1 aliphatic heterocycles. The van der Waals surface area contributed by atoms with E-state index in [1.165, 1.54) is 11.2 Å². The molecule has 0 aliphatic carbocycles. The number of nitrogens with zero attached hydrogens (tertiary/aromatic N) is 4. The van der Waals surface area contributed by atoms with Gasteiger partial charge >= 0.3 is 0 Å². The number of rotatable bonds is 5. The first-order chi connectivity index (χ1) is 12.7. The summed E-state index contributed by atoms with van der Waals surface area (Å²) >= 11 is 0. The van der Waals surface area contributed by atoms with Gasteiger partial charge in [-0.05, 0) is 30.7 Å². The predicted octanol–water partition coefficient (Wildman–Crippen LogP) is 1.55. The summed E-state index contributed by atoms with van der Waals surface area (Å²) in [6.07, 6.45) is 1.78. The number of carbonyl (C=O) groups excluding carboxylic acids is 1. The number of sulfone groups is 1. The fraction of sp³-hybridized carbons (Fsp3) is 0.389. The van der Waals surface area contributed by atoms with Crippen LogP contribution in [0.3, 0.4) is 0 Å². The Morgan fingerprint density at radius 2 is 1.85 bits per heavy atom. The first-order valence-corrected chi connectivity index (χ1v) is 10.4. The Balaban J connectivity index is 1.72. The highest BCUT2D eigenvalue weighted by molar-refractivity contribution is 7.91. The third kappa shape index (κ3) is 4.54. The number of nitrogens with one attached hydrogen (secondary N) is 1. The van der Waals surface area contributed by atoms with Crippen LogP contribution in [0.2, 0.25) is 0 Å². The van der Waals surface area contributed by atoms with Gasteiger partial charge in [0, 0.05) is 44.6 Å². The number of hydrogen-bond acceptors (Lipinski definition) is 7. The molecule has 1 saturated heterocycles. The molecule has 1 aliphatic rings. The van der Waals surface area contributed by atoms with Crippen molar-refractivity contribution in [2.75, 3.05) is 42.9 Å². The van der Waals surface area contributed by atoms with E-state index in [2.05, 4.69) is 15.3 Å². The summed E-state index contributed by atoms with van der Waals surface area (Å²) < 4.78 is 23.3. The maximum atomic E-state index is 12.7. The van der Waals surface area contributed by atoms with Crippen molar-refractivity contribution >= 4 is 32.9 Å². The fourth-order valence-corrected chi connectivity index (χ4v) is 4.74. The van der Waals surface area contributed by atoms with Crippen LogP contribution in [-0.2, 0) is 9.84 Å². The molecule has 8 nitrogen and oxygen atoms in total. The Morgan fingerprint density at radius 3 is 2.44 bits per heavy atom. The average molecular weight is 389 g/mol. The Morgan fingerprint density at radius 1 is 1.15 bits per heavy atom. The van der Waals surface area contributed by atoms with Crippen LogP contribution in [-0.4, -0.2) is 67.9 Å². The molecule has 1 aromatic carbocycles. The zero-order chi connectivity index (χ0) is 19.6. The number of carbonyl (C=O) groups is 1. The molecule has 0 spiro atoms. The molecule has 9 heteroatoms. The van der Waals surface area contributed by atoms with Gasteiger partial charge in [0.15, 0.2) is 9.84 Å². The molecule has 1 atom stereocenters. The molecule has 3 rings (SSSR count). The second-order valence-corrected chi connectivity index (χ2v) is 9.06. The Bertz CT molecular complexity index is 928. The van der Waals surface area contributed by atoms with Crippen molar-refractivity contribution in [3.05, 3.63) is 42.4 Å². The summed E-state index contributed by atoms with van der Waals surface area (Å²) in [6, 6.07) is 9.06. The predicted molar refractivity (Wildman–Crippen MR) is 105 cm³/mol. The Labute approximate surface area is 159 Å². The minimum absolute atomic E-state index is 0.00363. The number of hydrogen-bond donors (Lipinski definition) is 1. The van der Waals surface area contributed by atoms with Crippen molar-refractivity contribution in [1.82, 2.24) is 14.9 Å². The van der Waals surface area contributed by atoms with Gasteiger partial charge < -0.3 is 15.1 Å². The normalized spacial score (nSPS) is 18.1. The van der Waals surface area contributed by atoms with Crippen molar-refractivity contribution in [3.63, 3.8) is 0 Å². The molecule has 1 fully saturated rings. The van der Waals surface area contributed by atoms with Gasteiger partial charge in [-0.3, -0.25) is 4.79 Å². The van der Waals surface area contributed by atoms with Crippen LogP contribution < -0.4 is 10.2 Å². The fourth-order valence-electron chi connectivity index (χ4n) is 2.96. The number of benzene rings is 1. The van der Waals surface area contributed by atoms with E-state index in [-0.39, 0.29) is 29.1 Å². The van der Waals surface area contributed by atoms with Gasteiger partial charge in [0.05, 0.1) is 11.5 Å². The third-order valence-corrected chi connectivity index (χ3v) is 6.37. The van der Waals surface area contributed by atoms with E-state index >= 15 is 0 Å². The quantitative estimate of drug-likeness (QED) is 0.829. The molecular formula is C18H23N5O3S.